The molecule has 0 bridgehead atoms. The molecule has 3 rings (SSSR count). The van der Waals surface area contributed by atoms with Gasteiger partial charge in [0, 0.05) is 37.5 Å². The van der Waals surface area contributed by atoms with Crippen LogP contribution in [0.1, 0.15) is 19.8 Å². The number of thioether (sulfide) groups is 1. The molecule has 1 aliphatic rings. The molecule has 2 amide bonds. The van der Waals surface area contributed by atoms with Crippen LogP contribution in [0.25, 0.3) is 11.4 Å². The number of hydrogen-bond donors (Lipinski definition) is 0. The van der Waals surface area contributed by atoms with Crippen molar-refractivity contribution < 1.29 is 9.59 Å². The Labute approximate surface area is 138 Å². The minimum absolute atomic E-state index is 0.0787. The molecule has 0 aromatic carbocycles. The van der Waals surface area contributed by atoms with Crippen molar-refractivity contribution in [1.82, 2.24) is 24.6 Å². The van der Waals surface area contributed by atoms with Gasteiger partial charge in [-0.1, -0.05) is 11.8 Å². The lowest BCUT2D eigenvalue weighted by atomic mass is 10.2. The fourth-order valence-electron chi connectivity index (χ4n) is 2.51. The highest BCUT2D eigenvalue weighted by Crippen LogP contribution is 2.24. The number of nitrogens with zero attached hydrogens (tertiary/aromatic N) is 5. The zero-order valence-corrected chi connectivity index (χ0v) is 13.6. The first-order chi connectivity index (χ1) is 11.2. The van der Waals surface area contributed by atoms with Crippen molar-refractivity contribution in [2.45, 2.75) is 31.5 Å². The summed E-state index contributed by atoms with van der Waals surface area (Å²) in [5.74, 6) is 0.709. The number of hydrogen-bond acceptors (Lipinski definition) is 6. The van der Waals surface area contributed by atoms with Gasteiger partial charge in [-0.3, -0.25) is 19.5 Å². The number of pyridine rings is 1. The fourth-order valence-corrected chi connectivity index (χ4v) is 3.39. The third kappa shape index (κ3) is 3.26. The normalized spacial score (nSPS) is 14.5. The van der Waals surface area contributed by atoms with Crippen LogP contribution in [0.3, 0.4) is 0 Å². The SMILES string of the molecule is CCn1c(SCC(=O)N2CCCC2=O)nnc1-c1ccncc1. The van der Waals surface area contributed by atoms with Gasteiger partial charge in [-0.15, -0.1) is 10.2 Å². The van der Waals surface area contributed by atoms with E-state index in [1.54, 1.807) is 12.4 Å². The summed E-state index contributed by atoms with van der Waals surface area (Å²) in [4.78, 5) is 29.1. The van der Waals surface area contributed by atoms with Gasteiger partial charge in [0.15, 0.2) is 11.0 Å². The Balaban J connectivity index is 1.72. The Bertz CT molecular complexity index is 716. The van der Waals surface area contributed by atoms with E-state index in [-0.39, 0.29) is 17.6 Å². The number of carbonyl (C=O) groups excluding carboxylic acids is 2. The van der Waals surface area contributed by atoms with Gasteiger partial charge in [0.1, 0.15) is 0 Å². The van der Waals surface area contributed by atoms with Crippen molar-refractivity contribution in [2.24, 2.45) is 0 Å². The first-order valence-electron chi connectivity index (χ1n) is 7.50. The Morgan fingerprint density at radius 1 is 1.30 bits per heavy atom. The summed E-state index contributed by atoms with van der Waals surface area (Å²) in [7, 11) is 0. The van der Waals surface area contributed by atoms with Gasteiger partial charge in [0.25, 0.3) is 0 Å². The van der Waals surface area contributed by atoms with E-state index >= 15 is 0 Å². The third-order valence-corrected chi connectivity index (χ3v) is 4.62. The van der Waals surface area contributed by atoms with E-state index in [0.717, 1.165) is 17.8 Å². The van der Waals surface area contributed by atoms with Gasteiger partial charge in [0.2, 0.25) is 11.8 Å². The van der Waals surface area contributed by atoms with Crippen molar-refractivity contribution in [2.75, 3.05) is 12.3 Å². The van der Waals surface area contributed by atoms with Crippen LogP contribution in [0, 0.1) is 0 Å². The summed E-state index contributed by atoms with van der Waals surface area (Å²) in [6, 6.07) is 3.75. The molecular weight excluding hydrogens is 314 g/mol. The lowest BCUT2D eigenvalue weighted by molar-refractivity contribution is -0.140. The standard InChI is InChI=1S/C15H17N5O2S/c1-2-19-14(11-5-7-16-8-6-11)17-18-15(19)23-10-13(22)20-9-3-4-12(20)21/h5-8H,2-4,9-10H2,1H3. The third-order valence-electron chi connectivity index (χ3n) is 3.67. The Hall–Kier alpha value is -2.22. The van der Waals surface area contributed by atoms with Gasteiger partial charge in [-0.05, 0) is 25.5 Å². The van der Waals surface area contributed by atoms with Crippen LogP contribution in [-0.2, 0) is 16.1 Å². The monoisotopic (exact) mass is 331 g/mol. The smallest absolute Gasteiger partial charge is 0.239 e. The molecule has 3 heterocycles. The van der Waals surface area contributed by atoms with Crippen LogP contribution in [0.5, 0.6) is 0 Å². The zero-order chi connectivity index (χ0) is 16.2. The van der Waals surface area contributed by atoms with Crippen LogP contribution in [0.15, 0.2) is 29.7 Å². The Kier molecular flexibility index (Phi) is 4.71. The highest BCUT2D eigenvalue weighted by Gasteiger charge is 2.26. The number of amides is 2. The van der Waals surface area contributed by atoms with Crippen molar-refractivity contribution in [3.05, 3.63) is 24.5 Å². The Morgan fingerprint density at radius 2 is 2.09 bits per heavy atom. The second-order valence-corrected chi connectivity index (χ2v) is 6.06. The molecule has 1 saturated heterocycles. The summed E-state index contributed by atoms with van der Waals surface area (Å²) >= 11 is 1.31. The number of rotatable bonds is 5. The van der Waals surface area contributed by atoms with Crippen molar-refractivity contribution >= 4 is 23.6 Å². The van der Waals surface area contributed by atoms with Gasteiger partial charge < -0.3 is 4.57 Å². The molecule has 1 aliphatic heterocycles. The topological polar surface area (TPSA) is 81.0 Å². The van der Waals surface area contributed by atoms with E-state index < -0.39 is 0 Å². The first-order valence-corrected chi connectivity index (χ1v) is 8.49. The molecule has 2 aromatic heterocycles. The van der Waals surface area contributed by atoms with Crippen LogP contribution in [0.4, 0.5) is 0 Å². The van der Waals surface area contributed by atoms with E-state index in [2.05, 4.69) is 15.2 Å². The summed E-state index contributed by atoms with van der Waals surface area (Å²) in [5, 5.41) is 9.08. The number of aromatic nitrogens is 4. The molecule has 0 atom stereocenters. The maximum Gasteiger partial charge on any atom is 0.239 e. The van der Waals surface area contributed by atoms with Gasteiger partial charge in [-0.2, -0.15) is 0 Å². The van der Waals surface area contributed by atoms with Crippen molar-refractivity contribution in [3.8, 4) is 11.4 Å². The molecular formula is C15H17N5O2S. The maximum absolute atomic E-state index is 12.1. The van der Waals surface area contributed by atoms with E-state index in [9.17, 15) is 9.59 Å². The first kappa shape index (κ1) is 15.7. The summed E-state index contributed by atoms with van der Waals surface area (Å²) in [6.45, 7) is 3.23. The van der Waals surface area contributed by atoms with Crippen molar-refractivity contribution in [3.63, 3.8) is 0 Å². The summed E-state index contributed by atoms with van der Waals surface area (Å²) in [6.07, 6.45) is 4.64. The molecule has 2 aromatic rings. The molecule has 7 nitrogen and oxygen atoms in total. The maximum atomic E-state index is 12.1. The molecule has 0 radical (unpaired) electrons. The van der Waals surface area contributed by atoms with Gasteiger partial charge in [-0.25, -0.2) is 0 Å². The minimum atomic E-state index is -0.159. The predicted octanol–water partition coefficient (Wildman–Crippen LogP) is 1.60. The number of carbonyl (C=O) groups is 2. The Morgan fingerprint density at radius 3 is 2.74 bits per heavy atom. The van der Waals surface area contributed by atoms with Crippen molar-refractivity contribution in [1.29, 1.82) is 0 Å². The lowest BCUT2D eigenvalue weighted by Crippen LogP contribution is -2.33. The average molecular weight is 331 g/mol. The largest absolute Gasteiger partial charge is 0.302 e. The van der Waals surface area contributed by atoms with E-state index in [1.807, 2.05) is 23.6 Å². The van der Waals surface area contributed by atoms with Crippen LogP contribution < -0.4 is 0 Å². The highest BCUT2D eigenvalue weighted by atomic mass is 32.2. The fraction of sp³-hybridized carbons (Fsp3) is 0.400. The molecule has 0 unspecified atom stereocenters. The van der Waals surface area contributed by atoms with Gasteiger partial charge >= 0.3 is 0 Å². The van der Waals surface area contributed by atoms with Gasteiger partial charge in [0.05, 0.1) is 5.75 Å². The minimum Gasteiger partial charge on any atom is -0.302 e. The van der Waals surface area contributed by atoms with E-state index in [0.29, 0.717) is 24.7 Å². The zero-order valence-electron chi connectivity index (χ0n) is 12.8. The highest BCUT2D eigenvalue weighted by molar-refractivity contribution is 7.99. The molecule has 0 N–H and O–H groups in total. The summed E-state index contributed by atoms with van der Waals surface area (Å²) < 4.78 is 1.96. The lowest BCUT2D eigenvalue weighted by Gasteiger charge is -2.13. The molecule has 8 heteroatoms. The molecule has 120 valence electrons. The molecule has 0 spiro atoms. The second kappa shape index (κ2) is 6.91. The van der Waals surface area contributed by atoms with Crippen LogP contribution in [0.2, 0.25) is 0 Å². The van der Waals surface area contributed by atoms with Crippen LogP contribution >= 0.6 is 11.8 Å². The van der Waals surface area contributed by atoms with E-state index in [4.69, 9.17) is 0 Å². The quantitative estimate of drug-likeness (QED) is 0.774. The molecule has 0 saturated carbocycles. The average Bonchev–Trinajstić information content (AvgIpc) is 3.19. The second-order valence-electron chi connectivity index (χ2n) is 5.12. The predicted molar refractivity (Wildman–Crippen MR) is 85.6 cm³/mol. The number of likely N-dealkylation sites (tertiary alicyclic amines) is 1. The van der Waals surface area contributed by atoms with E-state index in [1.165, 1.54) is 16.7 Å². The molecule has 23 heavy (non-hydrogen) atoms. The van der Waals surface area contributed by atoms with Crippen LogP contribution in [-0.4, -0.2) is 48.8 Å². The molecule has 0 aliphatic carbocycles. The summed E-state index contributed by atoms with van der Waals surface area (Å²) in [5.41, 5.74) is 0.933. The molecule has 1 fully saturated rings. The number of imide groups is 1.